The van der Waals surface area contributed by atoms with E-state index >= 15 is 0 Å². The lowest BCUT2D eigenvalue weighted by molar-refractivity contribution is 0.401. The smallest absolute Gasteiger partial charge is 0.245 e. The van der Waals surface area contributed by atoms with E-state index in [0.717, 1.165) is 5.65 Å². The quantitative estimate of drug-likeness (QED) is 0.783. The summed E-state index contributed by atoms with van der Waals surface area (Å²) in [7, 11) is 1.58. The summed E-state index contributed by atoms with van der Waals surface area (Å²) >= 11 is 0. The molecule has 0 saturated heterocycles. The number of ether oxygens (including phenoxy) is 1. The van der Waals surface area contributed by atoms with Crippen molar-refractivity contribution >= 4 is 11.2 Å². The van der Waals surface area contributed by atoms with Crippen molar-refractivity contribution in [3.05, 3.63) is 12.7 Å². The number of fused-ring (bicyclic) bond motifs is 1. The van der Waals surface area contributed by atoms with E-state index in [1.54, 1.807) is 13.4 Å². The second-order valence-electron chi connectivity index (χ2n) is 3.30. The summed E-state index contributed by atoms with van der Waals surface area (Å²) in [5.74, 6) is 0.523. The van der Waals surface area contributed by atoms with Crippen molar-refractivity contribution in [3.8, 4) is 5.88 Å². The topological polar surface area (TPSA) is 52.8 Å². The number of rotatable bonds is 2. The third-order valence-electron chi connectivity index (χ3n) is 2.07. The van der Waals surface area contributed by atoms with Crippen LogP contribution < -0.4 is 4.74 Å². The van der Waals surface area contributed by atoms with Crippen molar-refractivity contribution in [2.24, 2.45) is 0 Å². The van der Waals surface area contributed by atoms with Crippen LogP contribution in [0.15, 0.2) is 12.7 Å². The lowest BCUT2D eigenvalue weighted by atomic mass is 10.4. The average molecular weight is 222 g/mol. The van der Waals surface area contributed by atoms with Gasteiger partial charge in [-0.15, -0.1) is 0 Å². The molecule has 0 spiro atoms. The van der Waals surface area contributed by atoms with Gasteiger partial charge < -0.3 is 9.30 Å². The molecule has 0 N–H and O–H groups in total. The van der Waals surface area contributed by atoms with E-state index in [-0.39, 0.29) is 0 Å². The molecule has 0 aliphatic rings. The lowest BCUT2D eigenvalue weighted by Gasteiger charge is -2.06. The number of aromatic nitrogens is 4. The number of nitrogens with zero attached hydrogens (tertiary/aromatic N) is 4. The van der Waals surface area contributed by atoms with E-state index < -0.39 is 0 Å². The van der Waals surface area contributed by atoms with Gasteiger partial charge in [0.2, 0.25) is 5.88 Å². The van der Waals surface area contributed by atoms with Crippen molar-refractivity contribution in [1.29, 1.82) is 0 Å². The van der Waals surface area contributed by atoms with E-state index in [1.807, 2.05) is 18.4 Å². The molecule has 0 saturated carbocycles. The number of imidazole rings is 1. The Hall–Kier alpha value is -1.65. The molecule has 2 rings (SSSR count). The minimum atomic E-state index is 0.333. The van der Waals surface area contributed by atoms with Gasteiger partial charge in [-0.25, -0.2) is 9.97 Å². The fraction of sp³-hybridized carbons (Fsp3) is 0.545. The summed E-state index contributed by atoms with van der Waals surface area (Å²) in [5, 5.41) is 0. The van der Waals surface area contributed by atoms with Gasteiger partial charge in [-0.2, -0.15) is 4.98 Å². The molecule has 5 nitrogen and oxygen atoms in total. The summed E-state index contributed by atoms with van der Waals surface area (Å²) in [6.07, 6.45) is 3.24. The van der Waals surface area contributed by atoms with Gasteiger partial charge in [-0.05, 0) is 13.8 Å². The van der Waals surface area contributed by atoms with Crippen LogP contribution in [0.1, 0.15) is 33.7 Å². The number of hydrogen-bond acceptors (Lipinski definition) is 4. The first-order chi connectivity index (χ1) is 7.74. The molecule has 0 aliphatic carbocycles. The van der Waals surface area contributed by atoms with Crippen LogP contribution in [-0.2, 0) is 0 Å². The number of hydrogen-bond donors (Lipinski definition) is 0. The largest absolute Gasteiger partial charge is 0.479 e. The van der Waals surface area contributed by atoms with Crippen molar-refractivity contribution in [2.75, 3.05) is 7.11 Å². The predicted molar refractivity (Wildman–Crippen MR) is 63.6 cm³/mol. The minimum absolute atomic E-state index is 0.333. The summed E-state index contributed by atoms with van der Waals surface area (Å²) in [4.78, 5) is 12.4. The highest BCUT2D eigenvalue weighted by Gasteiger charge is 2.11. The van der Waals surface area contributed by atoms with E-state index in [1.165, 1.54) is 6.33 Å². The maximum atomic E-state index is 5.09. The Labute approximate surface area is 95.5 Å². The molecule has 2 aromatic heterocycles. The summed E-state index contributed by atoms with van der Waals surface area (Å²) < 4.78 is 7.08. The fourth-order valence-corrected chi connectivity index (χ4v) is 1.36. The average Bonchev–Trinajstić information content (AvgIpc) is 2.75. The van der Waals surface area contributed by atoms with Crippen LogP contribution in [0.5, 0.6) is 5.88 Å². The molecular weight excluding hydrogens is 204 g/mol. The molecular formula is C11H18N4O. The van der Waals surface area contributed by atoms with E-state index in [0.29, 0.717) is 17.4 Å². The molecule has 2 aromatic rings. The second kappa shape index (κ2) is 5.44. The number of methoxy groups -OCH3 is 1. The lowest BCUT2D eigenvalue weighted by Crippen LogP contribution is -2.00. The third-order valence-corrected chi connectivity index (χ3v) is 2.07. The monoisotopic (exact) mass is 222 g/mol. The first-order valence-electron chi connectivity index (χ1n) is 5.45. The van der Waals surface area contributed by atoms with Crippen LogP contribution >= 0.6 is 0 Å². The zero-order chi connectivity index (χ0) is 12.1. The summed E-state index contributed by atoms with van der Waals surface area (Å²) in [6, 6.07) is 0.333. The molecule has 5 heteroatoms. The highest BCUT2D eigenvalue weighted by Crippen LogP contribution is 2.21. The third kappa shape index (κ3) is 2.13. The summed E-state index contributed by atoms with van der Waals surface area (Å²) in [6.45, 7) is 8.16. The van der Waals surface area contributed by atoms with Gasteiger partial charge in [0.1, 0.15) is 6.33 Å². The van der Waals surface area contributed by atoms with Gasteiger partial charge in [0, 0.05) is 6.04 Å². The molecule has 0 atom stereocenters. The highest BCUT2D eigenvalue weighted by atomic mass is 16.5. The molecule has 88 valence electrons. The van der Waals surface area contributed by atoms with Crippen LogP contribution in [0.4, 0.5) is 0 Å². The van der Waals surface area contributed by atoms with Gasteiger partial charge in [0.25, 0.3) is 0 Å². The van der Waals surface area contributed by atoms with E-state index in [2.05, 4.69) is 28.8 Å². The highest BCUT2D eigenvalue weighted by molar-refractivity contribution is 5.75. The molecule has 16 heavy (non-hydrogen) atoms. The van der Waals surface area contributed by atoms with Crippen LogP contribution in [-0.4, -0.2) is 26.6 Å². The standard InChI is InChI=1S/C9H12N4O.C2H6/c1-6(2)13-5-12-7-8(13)10-4-11-9(7)14-3;1-2/h4-6H,1-3H3;1-2H3. The normalized spacial score (nSPS) is 10.1. The van der Waals surface area contributed by atoms with Gasteiger partial charge >= 0.3 is 0 Å². The van der Waals surface area contributed by atoms with Crippen LogP contribution in [0.3, 0.4) is 0 Å². The minimum Gasteiger partial charge on any atom is -0.479 e. The molecule has 0 amide bonds. The molecule has 0 fully saturated rings. The van der Waals surface area contributed by atoms with Crippen LogP contribution in [0.2, 0.25) is 0 Å². The van der Waals surface area contributed by atoms with Crippen molar-refractivity contribution in [1.82, 2.24) is 19.5 Å². The molecule has 0 unspecified atom stereocenters. The maximum Gasteiger partial charge on any atom is 0.245 e. The zero-order valence-electron chi connectivity index (χ0n) is 10.4. The Morgan fingerprint density at radius 3 is 2.44 bits per heavy atom. The molecule has 0 radical (unpaired) electrons. The molecule has 0 bridgehead atoms. The Balaban J connectivity index is 0.000000606. The zero-order valence-corrected chi connectivity index (χ0v) is 10.4. The van der Waals surface area contributed by atoms with E-state index in [9.17, 15) is 0 Å². The maximum absolute atomic E-state index is 5.09. The van der Waals surface area contributed by atoms with Crippen LogP contribution in [0.25, 0.3) is 11.2 Å². The summed E-state index contributed by atoms with van der Waals surface area (Å²) in [5.41, 5.74) is 1.52. The van der Waals surface area contributed by atoms with Gasteiger partial charge in [0.15, 0.2) is 11.2 Å². The van der Waals surface area contributed by atoms with Crippen LogP contribution in [0, 0.1) is 0 Å². The first-order valence-corrected chi connectivity index (χ1v) is 5.45. The Kier molecular flexibility index (Phi) is 4.22. The Morgan fingerprint density at radius 1 is 1.19 bits per heavy atom. The molecule has 2 heterocycles. The van der Waals surface area contributed by atoms with Crippen molar-refractivity contribution in [2.45, 2.75) is 33.7 Å². The van der Waals surface area contributed by atoms with Gasteiger partial charge in [-0.1, -0.05) is 13.8 Å². The Bertz CT molecular complexity index is 450. The molecule has 0 aliphatic heterocycles. The van der Waals surface area contributed by atoms with Gasteiger partial charge in [0.05, 0.1) is 13.4 Å². The first kappa shape index (κ1) is 12.4. The second-order valence-corrected chi connectivity index (χ2v) is 3.30. The fourth-order valence-electron chi connectivity index (χ4n) is 1.36. The molecule has 0 aromatic carbocycles. The van der Waals surface area contributed by atoms with Crippen molar-refractivity contribution < 1.29 is 4.74 Å². The van der Waals surface area contributed by atoms with Gasteiger partial charge in [-0.3, -0.25) is 0 Å². The van der Waals surface area contributed by atoms with Crippen molar-refractivity contribution in [3.63, 3.8) is 0 Å². The Morgan fingerprint density at radius 2 is 1.88 bits per heavy atom. The SMILES string of the molecule is CC.COc1ncnc2c1ncn2C(C)C. The van der Waals surface area contributed by atoms with E-state index in [4.69, 9.17) is 4.74 Å². The predicted octanol–water partition coefficient (Wildman–Crippen LogP) is 2.44.